The highest BCUT2D eigenvalue weighted by Crippen LogP contribution is 2.33. The van der Waals surface area contributed by atoms with Crippen molar-refractivity contribution < 1.29 is 0 Å². The molecule has 0 aliphatic heterocycles. The molecule has 1 aromatic rings. The van der Waals surface area contributed by atoms with Gasteiger partial charge in [0.15, 0.2) is 0 Å². The Kier molecular flexibility index (Phi) is 7.71. The van der Waals surface area contributed by atoms with Gasteiger partial charge >= 0.3 is 0 Å². The lowest BCUT2D eigenvalue weighted by Gasteiger charge is -2.16. The van der Waals surface area contributed by atoms with E-state index in [1.165, 1.54) is 27.4 Å². The van der Waals surface area contributed by atoms with E-state index >= 15 is 0 Å². The number of nitrogens with one attached hydrogen (secondary N) is 1. The molecule has 1 atom stereocenters. The van der Waals surface area contributed by atoms with Crippen molar-refractivity contribution in [2.75, 3.05) is 13.6 Å². The van der Waals surface area contributed by atoms with Crippen LogP contribution in [0, 0.1) is 12.8 Å². The Labute approximate surface area is 128 Å². The molecule has 1 N–H and O–H groups in total. The van der Waals surface area contributed by atoms with E-state index in [1.807, 2.05) is 18.8 Å². The lowest BCUT2D eigenvalue weighted by molar-refractivity contribution is 0.584. The van der Waals surface area contributed by atoms with Gasteiger partial charge < -0.3 is 5.32 Å². The third-order valence-electron chi connectivity index (χ3n) is 3.52. The maximum absolute atomic E-state index is 3.23. The molecule has 1 unspecified atom stereocenters. The number of thioether (sulfide) groups is 1. The molecule has 0 spiro atoms. The zero-order valence-electron chi connectivity index (χ0n) is 13.4. The van der Waals surface area contributed by atoms with Crippen molar-refractivity contribution in [3.05, 3.63) is 52.5 Å². The SMILES string of the molecule is C/C=C\C(Sc1ccc(C)cc1)=C(/C)C(C)CCNC. The second kappa shape index (κ2) is 9.04. The van der Waals surface area contributed by atoms with Crippen molar-refractivity contribution in [1.29, 1.82) is 0 Å². The third-order valence-corrected chi connectivity index (χ3v) is 4.71. The zero-order valence-corrected chi connectivity index (χ0v) is 14.2. The van der Waals surface area contributed by atoms with Crippen molar-refractivity contribution in [2.24, 2.45) is 5.92 Å². The molecule has 0 amide bonds. The van der Waals surface area contributed by atoms with Crippen molar-refractivity contribution in [3.63, 3.8) is 0 Å². The molecule has 0 aromatic heterocycles. The van der Waals surface area contributed by atoms with E-state index in [0.29, 0.717) is 5.92 Å². The van der Waals surface area contributed by atoms with Crippen LogP contribution in [0.2, 0.25) is 0 Å². The summed E-state index contributed by atoms with van der Waals surface area (Å²) in [5, 5.41) is 3.23. The van der Waals surface area contributed by atoms with Gasteiger partial charge in [0.05, 0.1) is 0 Å². The molecule has 1 aromatic carbocycles. The summed E-state index contributed by atoms with van der Waals surface area (Å²) in [4.78, 5) is 2.68. The van der Waals surface area contributed by atoms with Crippen molar-refractivity contribution in [3.8, 4) is 0 Å². The van der Waals surface area contributed by atoms with E-state index in [9.17, 15) is 0 Å². The molecular weight excluding hydrogens is 262 g/mol. The summed E-state index contributed by atoms with van der Waals surface area (Å²) in [5.74, 6) is 0.603. The lowest BCUT2D eigenvalue weighted by Crippen LogP contribution is -2.12. The molecule has 0 saturated carbocycles. The van der Waals surface area contributed by atoms with Gasteiger partial charge in [0.1, 0.15) is 0 Å². The van der Waals surface area contributed by atoms with Gasteiger partial charge in [-0.1, -0.05) is 54.1 Å². The Morgan fingerprint density at radius 3 is 2.50 bits per heavy atom. The number of aryl methyl sites for hydroxylation is 1. The molecular formula is C18H27NS. The zero-order chi connectivity index (χ0) is 15.0. The summed E-state index contributed by atoms with van der Waals surface area (Å²) >= 11 is 1.86. The van der Waals surface area contributed by atoms with E-state index in [0.717, 1.165) is 6.54 Å². The van der Waals surface area contributed by atoms with Crippen molar-refractivity contribution >= 4 is 11.8 Å². The third kappa shape index (κ3) is 5.56. The molecule has 1 nitrogen and oxygen atoms in total. The van der Waals surface area contributed by atoms with Gasteiger partial charge in [0.2, 0.25) is 0 Å². The Bertz CT molecular complexity index is 457. The summed E-state index contributed by atoms with van der Waals surface area (Å²) in [6, 6.07) is 8.76. The van der Waals surface area contributed by atoms with Crippen LogP contribution >= 0.6 is 11.8 Å². The van der Waals surface area contributed by atoms with Crippen LogP contribution in [0.25, 0.3) is 0 Å². The second-order valence-electron chi connectivity index (χ2n) is 5.26. The Morgan fingerprint density at radius 1 is 1.30 bits per heavy atom. The fourth-order valence-electron chi connectivity index (χ4n) is 1.95. The van der Waals surface area contributed by atoms with Crippen LogP contribution in [0.4, 0.5) is 0 Å². The number of hydrogen-bond acceptors (Lipinski definition) is 2. The van der Waals surface area contributed by atoms with E-state index in [2.05, 4.69) is 69.4 Å². The first-order valence-corrected chi connectivity index (χ1v) is 8.12. The number of hydrogen-bond donors (Lipinski definition) is 1. The monoisotopic (exact) mass is 289 g/mol. The highest BCUT2D eigenvalue weighted by Gasteiger charge is 2.09. The minimum atomic E-state index is 0.603. The molecule has 110 valence electrons. The minimum Gasteiger partial charge on any atom is -0.320 e. The lowest BCUT2D eigenvalue weighted by atomic mass is 9.98. The molecule has 0 bridgehead atoms. The van der Waals surface area contributed by atoms with Crippen molar-refractivity contribution in [1.82, 2.24) is 5.32 Å². The first kappa shape index (κ1) is 17.1. The summed E-state index contributed by atoms with van der Waals surface area (Å²) in [6.07, 6.45) is 5.54. The summed E-state index contributed by atoms with van der Waals surface area (Å²) in [7, 11) is 2.01. The van der Waals surface area contributed by atoms with Gasteiger partial charge in [-0.2, -0.15) is 0 Å². The van der Waals surface area contributed by atoms with E-state index in [4.69, 9.17) is 0 Å². The number of allylic oxidation sites excluding steroid dienone is 3. The van der Waals surface area contributed by atoms with E-state index in [1.54, 1.807) is 0 Å². The molecule has 0 saturated heterocycles. The number of benzene rings is 1. The van der Waals surface area contributed by atoms with Gasteiger partial charge in [-0.25, -0.2) is 0 Å². The fraction of sp³-hybridized carbons (Fsp3) is 0.444. The maximum atomic E-state index is 3.23. The quantitative estimate of drug-likeness (QED) is 0.548. The average Bonchev–Trinajstić information content (AvgIpc) is 2.45. The molecule has 0 fully saturated rings. The normalized spacial score (nSPS) is 14.4. The average molecular weight is 289 g/mol. The van der Waals surface area contributed by atoms with Gasteiger partial charge in [-0.15, -0.1) is 0 Å². The molecule has 0 heterocycles. The molecule has 0 radical (unpaired) electrons. The fourth-order valence-corrected chi connectivity index (χ4v) is 3.04. The first-order chi connectivity index (χ1) is 9.58. The molecule has 0 aliphatic carbocycles. The Balaban J connectivity index is 2.89. The van der Waals surface area contributed by atoms with E-state index in [-0.39, 0.29) is 0 Å². The Hall–Kier alpha value is -0.990. The predicted molar refractivity (Wildman–Crippen MR) is 92.3 cm³/mol. The van der Waals surface area contributed by atoms with Crippen LogP contribution in [-0.4, -0.2) is 13.6 Å². The standard InChI is InChI=1S/C18H27NS/c1-6-7-18(16(4)15(3)12-13-19-5)20-17-10-8-14(2)9-11-17/h6-11,15,19H,12-13H2,1-5H3/b7-6-,18-16-. The highest BCUT2D eigenvalue weighted by atomic mass is 32.2. The predicted octanol–water partition coefficient (Wildman–Crippen LogP) is 5.18. The minimum absolute atomic E-state index is 0.603. The first-order valence-electron chi connectivity index (χ1n) is 7.31. The largest absolute Gasteiger partial charge is 0.320 e. The Morgan fingerprint density at radius 2 is 1.95 bits per heavy atom. The van der Waals surface area contributed by atoms with Crippen LogP contribution in [0.1, 0.15) is 32.8 Å². The van der Waals surface area contributed by atoms with E-state index < -0.39 is 0 Å². The molecule has 20 heavy (non-hydrogen) atoms. The smallest absolute Gasteiger partial charge is 0.0122 e. The topological polar surface area (TPSA) is 12.0 Å². The van der Waals surface area contributed by atoms with Crippen LogP contribution in [0.15, 0.2) is 51.8 Å². The summed E-state index contributed by atoms with van der Waals surface area (Å²) in [5.41, 5.74) is 2.79. The molecule has 2 heteroatoms. The maximum Gasteiger partial charge on any atom is 0.0122 e. The van der Waals surface area contributed by atoms with Crippen molar-refractivity contribution in [2.45, 2.75) is 39.0 Å². The van der Waals surface area contributed by atoms with Crippen LogP contribution < -0.4 is 5.32 Å². The summed E-state index contributed by atoms with van der Waals surface area (Å²) in [6.45, 7) is 9.85. The highest BCUT2D eigenvalue weighted by molar-refractivity contribution is 8.03. The molecule has 0 aliphatic rings. The van der Waals surface area contributed by atoms with Crippen LogP contribution in [0.3, 0.4) is 0 Å². The van der Waals surface area contributed by atoms with Crippen LogP contribution in [0.5, 0.6) is 0 Å². The van der Waals surface area contributed by atoms with Gasteiger partial charge in [0.25, 0.3) is 0 Å². The van der Waals surface area contributed by atoms with Gasteiger partial charge in [0, 0.05) is 9.80 Å². The van der Waals surface area contributed by atoms with Gasteiger partial charge in [-0.3, -0.25) is 0 Å². The van der Waals surface area contributed by atoms with Gasteiger partial charge in [-0.05, 0) is 58.8 Å². The number of rotatable bonds is 7. The molecule has 1 rings (SSSR count). The van der Waals surface area contributed by atoms with Crippen LogP contribution in [-0.2, 0) is 0 Å². The second-order valence-corrected chi connectivity index (χ2v) is 6.37. The summed E-state index contributed by atoms with van der Waals surface area (Å²) < 4.78 is 0.